The van der Waals surface area contributed by atoms with Crippen molar-refractivity contribution in [3.05, 3.63) is 50.9 Å². The maximum Gasteiger partial charge on any atom is 0.297 e. The predicted molar refractivity (Wildman–Crippen MR) is 91.5 cm³/mol. The lowest BCUT2D eigenvalue weighted by atomic mass is 10.1. The van der Waals surface area contributed by atoms with E-state index in [0.717, 1.165) is 32.4 Å². The third-order valence-corrected chi connectivity index (χ3v) is 4.40. The fourth-order valence-electron chi connectivity index (χ4n) is 2.93. The van der Waals surface area contributed by atoms with E-state index < -0.39 is 11.3 Å². The van der Waals surface area contributed by atoms with Gasteiger partial charge in [-0.15, -0.1) is 0 Å². The molecule has 2 aromatic rings. The van der Waals surface area contributed by atoms with Crippen molar-refractivity contribution in [3.63, 3.8) is 0 Å². The Morgan fingerprint density at radius 1 is 1.29 bits per heavy atom. The molecule has 0 unspecified atom stereocenters. The summed E-state index contributed by atoms with van der Waals surface area (Å²) in [6, 6.07) is 7.03. The van der Waals surface area contributed by atoms with Gasteiger partial charge in [0.25, 0.3) is 5.56 Å². The van der Waals surface area contributed by atoms with Gasteiger partial charge in [0.2, 0.25) is 11.7 Å². The van der Waals surface area contributed by atoms with E-state index in [9.17, 15) is 15.2 Å². The fraction of sp³-hybridized carbons (Fsp3) is 0.353. The van der Waals surface area contributed by atoms with Crippen molar-refractivity contribution in [3.8, 4) is 11.8 Å². The minimum absolute atomic E-state index is 0.134. The summed E-state index contributed by atoms with van der Waals surface area (Å²) < 4.78 is 1.41. The van der Waals surface area contributed by atoms with Crippen LogP contribution in [0.3, 0.4) is 0 Å². The summed E-state index contributed by atoms with van der Waals surface area (Å²) in [6.07, 6.45) is 4.42. The second-order valence-electron chi connectivity index (χ2n) is 5.80. The van der Waals surface area contributed by atoms with Crippen LogP contribution in [0.25, 0.3) is 0 Å². The van der Waals surface area contributed by atoms with Crippen molar-refractivity contribution in [2.75, 3.05) is 18.0 Å². The Hall–Kier alpha value is -2.52. The maximum absolute atomic E-state index is 12.5. The van der Waals surface area contributed by atoms with Crippen LogP contribution in [-0.4, -0.2) is 27.7 Å². The zero-order chi connectivity index (χ0) is 17.1. The molecule has 1 N–H and O–H groups in total. The van der Waals surface area contributed by atoms with Crippen LogP contribution in [-0.2, 0) is 6.54 Å². The van der Waals surface area contributed by atoms with Crippen LogP contribution in [0.15, 0.2) is 29.2 Å². The van der Waals surface area contributed by atoms with Gasteiger partial charge in [0.1, 0.15) is 0 Å². The average molecular weight is 345 g/mol. The number of anilines is 1. The lowest BCUT2D eigenvalue weighted by Crippen LogP contribution is -2.36. The molecule has 6 nitrogen and oxygen atoms in total. The van der Waals surface area contributed by atoms with Crippen LogP contribution in [0.2, 0.25) is 5.02 Å². The molecule has 24 heavy (non-hydrogen) atoms. The number of piperidine rings is 1. The Kier molecular flexibility index (Phi) is 4.72. The van der Waals surface area contributed by atoms with E-state index in [1.165, 1.54) is 10.8 Å². The number of hydrogen-bond acceptors (Lipinski definition) is 5. The fourth-order valence-corrected chi connectivity index (χ4v) is 3.13. The zero-order valence-corrected chi connectivity index (χ0v) is 13.8. The lowest BCUT2D eigenvalue weighted by molar-refractivity contribution is 0.452. The number of aromatic hydroxyl groups is 1. The monoisotopic (exact) mass is 344 g/mol. The average Bonchev–Trinajstić information content (AvgIpc) is 2.60. The maximum atomic E-state index is 12.5. The van der Waals surface area contributed by atoms with Crippen molar-refractivity contribution < 1.29 is 5.11 Å². The third kappa shape index (κ3) is 3.22. The van der Waals surface area contributed by atoms with Gasteiger partial charge in [0, 0.05) is 18.1 Å². The molecule has 1 aliphatic rings. The summed E-state index contributed by atoms with van der Waals surface area (Å²) >= 11 is 6.03. The number of nitrogens with zero attached hydrogens (tertiary/aromatic N) is 4. The highest BCUT2D eigenvalue weighted by molar-refractivity contribution is 6.30. The Balaban J connectivity index is 2.07. The summed E-state index contributed by atoms with van der Waals surface area (Å²) in [5.74, 6) is 0.109. The Labute approximate surface area is 144 Å². The normalized spacial score (nSPS) is 14.4. The van der Waals surface area contributed by atoms with Gasteiger partial charge in [0.05, 0.1) is 24.4 Å². The van der Waals surface area contributed by atoms with Gasteiger partial charge in [-0.2, -0.15) is 5.26 Å². The highest BCUT2D eigenvalue weighted by Crippen LogP contribution is 2.21. The molecule has 0 bridgehead atoms. The minimum Gasteiger partial charge on any atom is -0.502 e. The molecule has 1 aromatic carbocycles. The van der Waals surface area contributed by atoms with Gasteiger partial charge < -0.3 is 10.0 Å². The standard InChI is InChI=1S/C17H17ClN4O2/c18-14-5-4-12(9-19)13(8-14)11-22-16(24)15(23)10-20-17(22)21-6-2-1-3-7-21/h4-5,8,10,23H,1-3,6-7,11H2. The van der Waals surface area contributed by atoms with E-state index in [2.05, 4.69) is 11.1 Å². The van der Waals surface area contributed by atoms with Crippen molar-refractivity contribution in [1.82, 2.24) is 9.55 Å². The topological polar surface area (TPSA) is 82.2 Å². The molecule has 1 fully saturated rings. The molecule has 7 heteroatoms. The molecule has 1 saturated heterocycles. The van der Waals surface area contributed by atoms with E-state index in [4.69, 9.17) is 11.6 Å². The molecule has 0 saturated carbocycles. The van der Waals surface area contributed by atoms with E-state index in [0.29, 0.717) is 22.1 Å². The molecule has 0 amide bonds. The van der Waals surface area contributed by atoms with Crippen LogP contribution in [0.5, 0.6) is 5.75 Å². The van der Waals surface area contributed by atoms with Crippen molar-refractivity contribution in [2.24, 2.45) is 0 Å². The number of halogens is 1. The summed E-state index contributed by atoms with van der Waals surface area (Å²) in [5, 5.41) is 19.5. The summed E-state index contributed by atoms with van der Waals surface area (Å²) in [5.41, 5.74) is 0.548. The van der Waals surface area contributed by atoms with Crippen LogP contribution in [0.4, 0.5) is 5.95 Å². The number of rotatable bonds is 3. The Morgan fingerprint density at radius 3 is 2.75 bits per heavy atom. The first-order chi connectivity index (χ1) is 11.6. The quantitative estimate of drug-likeness (QED) is 0.925. The van der Waals surface area contributed by atoms with Gasteiger partial charge >= 0.3 is 0 Å². The molecule has 0 spiro atoms. The predicted octanol–water partition coefficient (Wildman–Crippen LogP) is 2.51. The Bertz CT molecular complexity index is 851. The number of benzene rings is 1. The van der Waals surface area contributed by atoms with Crippen molar-refractivity contribution in [1.29, 1.82) is 5.26 Å². The highest BCUT2D eigenvalue weighted by Gasteiger charge is 2.19. The second-order valence-corrected chi connectivity index (χ2v) is 6.23. The van der Waals surface area contributed by atoms with E-state index in [1.54, 1.807) is 18.2 Å². The molecule has 0 radical (unpaired) electrons. The second kappa shape index (κ2) is 6.93. The summed E-state index contributed by atoms with van der Waals surface area (Å²) in [4.78, 5) is 18.8. The van der Waals surface area contributed by atoms with Gasteiger partial charge in [-0.05, 0) is 43.0 Å². The first kappa shape index (κ1) is 16.3. The van der Waals surface area contributed by atoms with E-state index in [1.807, 2.05) is 4.90 Å². The zero-order valence-electron chi connectivity index (χ0n) is 13.1. The first-order valence-electron chi connectivity index (χ1n) is 7.82. The molecule has 2 heterocycles. The molecule has 1 aliphatic heterocycles. The van der Waals surface area contributed by atoms with Gasteiger partial charge in [-0.1, -0.05) is 11.6 Å². The molecular weight excluding hydrogens is 328 g/mol. The molecule has 124 valence electrons. The smallest absolute Gasteiger partial charge is 0.297 e. The van der Waals surface area contributed by atoms with E-state index in [-0.39, 0.29) is 6.54 Å². The van der Waals surface area contributed by atoms with Crippen LogP contribution in [0, 0.1) is 11.3 Å². The molecule has 0 aliphatic carbocycles. The minimum atomic E-state index is -0.519. The highest BCUT2D eigenvalue weighted by atomic mass is 35.5. The summed E-state index contributed by atoms with van der Waals surface area (Å²) in [7, 11) is 0. The first-order valence-corrected chi connectivity index (χ1v) is 8.20. The van der Waals surface area contributed by atoms with Crippen LogP contribution in [0.1, 0.15) is 30.4 Å². The lowest BCUT2D eigenvalue weighted by Gasteiger charge is -2.29. The summed E-state index contributed by atoms with van der Waals surface area (Å²) in [6.45, 7) is 1.77. The van der Waals surface area contributed by atoms with Gasteiger partial charge in [-0.25, -0.2) is 4.98 Å². The largest absolute Gasteiger partial charge is 0.502 e. The molecule has 3 rings (SSSR count). The SMILES string of the molecule is N#Cc1ccc(Cl)cc1Cn1c(N2CCCCC2)ncc(O)c1=O. The van der Waals surface area contributed by atoms with E-state index >= 15 is 0 Å². The van der Waals surface area contributed by atoms with Crippen molar-refractivity contribution >= 4 is 17.5 Å². The van der Waals surface area contributed by atoms with Crippen molar-refractivity contribution in [2.45, 2.75) is 25.8 Å². The van der Waals surface area contributed by atoms with Gasteiger partial charge in [-0.3, -0.25) is 9.36 Å². The van der Waals surface area contributed by atoms with Crippen LogP contribution >= 0.6 is 11.6 Å². The van der Waals surface area contributed by atoms with Gasteiger partial charge in [0.15, 0.2) is 0 Å². The molecule has 1 aromatic heterocycles. The Morgan fingerprint density at radius 2 is 2.04 bits per heavy atom. The molecule has 0 atom stereocenters. The number of aromatic nitrogens is 2. The molecular formula is C17H17ClN4O2. The number of nitriles is 1. The number of hydrogen-bond donors (Lipinski definition) is 1. The van der Waals surface area contributed by atoms with Crippen LogP contribution < -0.4 is 10.5 Å². The third-order valence-electron chi connectivity index (χ3n) is 4.16.